The van der Waals surface area contributed by atoms with Crippen LogP contribution in [-0.4, -0.2) is 40.5 Å². The Kier molecular flexibility index (Phi) is 11.6. The highest BCUT2D eigenvalue weighted by atomic mass is 31.2. The molecule has 0 bridgehead atoms. The average molecular weight is 470 g/mol. The first-order chi connectivity index (χ1) is 15.6. The van der Waals surface area contributed by atoms with Crippen LogP contribution in [0.25, 0.3) is 0 Å². The van der Waals surface area contributed by atoms with E-state index in [2.05, 4.69) is 15.0 Å². The van der Waals surface area contributed by atoms with Crippen molar-refractivity contribution in [1.29, 1.82) is 0 Å². The van der Waals surface area contributed by atoms with Gasteiger partial charge in [0.1, 0.15) is 0 Å². The Morgan fingerprint density at radius 2 is 2.03 bits per heavy atom. The highest BCUT2D eigenvalue weighted by Gasteiger charge is 2.32. The number of benzene rings is 1. The Morgan fingerprint density at radius 3 is 2.59 bits per heavy atom. The first-order valence-corrected chi connectivity index (χ1v) is 12.0. The normalized spacial score (nSPS) is 14.1. The number of amides is 1. The fourth-order valence-corrected chi connectivity index (χ4v) is 4.66. The maximum absolute atomic E-state index is 11.9. The van der Waals surface area contributed by atoms with Gasteiger partial charge >= 0.3 is 8.53 Å². The molecule has 1 N–H and O–H groups in total. The molecular formula is C22H37N4O5P. The van der Waals surface area contributed by atoms with Crippen molar-refractivity contribution in [2.45, 2.75) is 86.0 Å². The van der Waals surface area contributed by atoms with Crippen molar-refractivity contribution in [3.05, 3.63) is 39.4 Å². The van der Waals surface area contributed by atoms with Gasteiger partial charge in [0.2, 0.25) is 5.91 Å². The van der Waals surface area contributed by atoms with E-state index < -0.39 is 19.6 Å². The summed E-state index contributed by atoms with van der Waals surface area (Å²) in [5, 5.41) is 14.5. The molecule has 0 heterocycles. The van der Waals surface area contributed by atoms with Crippen LogP contribution in [0.5, 0.6) is 0 Å². The van der Waals surface area contributed by atoms with Crippen LogP contribution >= 0.6 is 8.53 Å². The van der Waals surface area contributed by atoms with Crippen LogP contribution in [0.3, 0.4) is 0 Å². The van der Waals surface area contributed by atoms with Crippen LogP contribution in [0.2, 0.25) is 0 Å². The Morgan fingerprint density at radius 1 is 1.34 bits per heavy atom. The lowest BCUT2D eigenvalue weighted by Crippen LogP contribution is -2.33. The molecule has 1 aromatic carbocycles. The number of carbonyl (C=O) groups is 1. The van der Waals surface area contributed by atoms with Gasteiger partial charge in [-0.3, -0.25) is 19.9 Å². The van der Waals surface area contributed by atoms with Gasteiger partial charge in [-0.1, -0.05) is 13.0 Å². The molecule has 0 spiro atoms. The molecule has 2 unspecified atom stereocenters. The van der Waals surface area contributed by atoms with Crippen LogP contribution in [0.1, 0.15) is 79.9 Å². The number of nitrogens with one attached hydrogen (secondary N) is 1. The molecule has 2 atom stereocenters. The number of rotatable bonds is 14. The van der Waals surface area contributed by atoms with Crippen molar-refractivity contribution in [1.82, 2.24) is 9.99 Å². The smallest absolute Gasteiger partial charge is 0.322 e. The molecule has 0 radical (unpaired) electrons. The Bertz CT molecular complexity index is 786. The van der Waals surface area contributed by atoms with Gasteiger partial charge < -0.3 is 14.4 Å². The van der Waals surface area contributed by atoms with Crippen molar-refractivity contribution in [2.75, 3.05) is 6.54 Å². The van der Waals surface area contributed by atoms with Crippen LogP contribution in [0.4, 0.5) is 5.69 Å². The van der Waals surface area contributed by atoms with E-state index in [0.29, 0.717) is 18.5 Å². The number of hydrogen-bond acceptors (Lipinski definition) is 7. The summed E-state index contributed by atoms with van der Waals surface area (Å²) in [5.74, 6) is -0.150. The molecule has 0 saturated heterocycles. The highest BCUT2D eigenvalue weighted by molar-refractivity contribution is 7.45. The molecule has 32 heavy (non-hydrogen) atoms. The van der Waals surface area contributed by atoms with Crippen LogP contribution in [0.15, 0.2) is 23.2 Å². The Balaban J connectivity index is 3.15. The van der Waals surface area contributed by atoms with Gasteiger partial charge in [0, 0.05) is 39.0 Å². The summed E-state index contributed by atoms with van der Waals surface area (Å²) in [6.45, 7) is 12.8. The average Bonchev–Trinajstić information content (AvgIpc) is 2.75. The molecule has 0 aliphatic rings. The second kappa shape index (κ2) is 14.1. The lowest BCUT2D eigenvalue weighted by atomic mass is 10.0. The molecule has 9 nitrogen and oxygen atoms in total. The fraction of sp³-hybridized carbons (Fsp3) is 0.636. The van der Waals surface area contributed by atoms with Crippen molar-refractivity contribution in [3.8, 4) is 0 Å². The third-order valence-electron chi connectivity index (χ3n) is 4.51. The number of hydrogen-bond donors (Lipinski definition) is 1. The second-order valence-electron chi connectivity index (χ2n) is 7.79. The van der Waals surface area contributed by atoms with Gasteiger partial charge in [-0.25, -0.2) is 4.67 Å². The molecule has 0 saturated carbocycles. The fourth-order valence-electron chi connectivity index (χ4n) is 3.10. The lowest BCUT2D eigenvalue weighted by Gasteiger charge is -2.35. The van der Waals surface area contributed by atoms with E-state index in [4.69, 9.17) is 10.4 Å². The predicted molar refractivity (Wildman–Crippen MR) is 129 cm³/mol. The van der Waals surface area contributed by atoms with Gasteiger partial charge in [0.15, 0.2) is 6.40 Å². The third-order valence-corrected chi connectivity index (χ3v) is 6.58. The minimum Gasteiger partial charge on any atom is -0.425 e. The minimum absolute atomic E-state index is 0.0513. The van der Waals surface area contributed by atoms with E-state index >= 15 is 0 Å². The summed E-state index contributed by atoms with van der Waals surface area (Å²) >= 11 is 0. The SMILES string of the molecule is [2H]CCCC(=O)NCc1ccc([N+](=O)[O-])c(C(C)OP(OC=NCC)N(C(C)C)C(C)C)c1. The van der Waals surface area contributed by atoms with E-state index in [1.807, 2.05) is 34.6 Å². The molecule has 10 heteroatoms. The number of nitro groups is 1. The van der Waals surface area contributed by atoms with Crippen LogP contribution in [0, 0.1) is 10.1 Å². The van der Waals surface area contributed by atoms with Crippen LogP contribution in [-0.2, 0) is 20.4 Å². The molecule has 1 amide bonds. The van der Waals surface area contributed by atoms with E-state index in [0.717, 1.165) is 5.56 Å². The maximum Gasteiger partial charge on any atom is 0.322 e. The Hall–Kier alpha value is -2.09. The minimum atomic E-state index is -1.57. The number of nitrogens with zero attached hydrogens (tertiary/aromatic N) is 3. The van der Waals surface area contributed by atoms with Crippen molar-refractivity contribution in [3.63, 3.8) is 0 Å². The zero-order chi connectivity index (χ0) is 25.0. The summed E-state index contributed by atoms with van der Waals surface area (Å²) in [4.78, 5) is 27.2. The lowest BCUT2D eigenvalue weighted by molar-refractivity contribution is -0.386. The second-order valence-corrected chi connectivity index (χ2v) is 9.15. The topological polar surface area (TPSA) is 106 Å². The molecule has 0 fully saturated rings. The quantitative estimate of drug-likeness (QED) is 0.127. The summed E-state index contributed by atoms with van der Waals surface area (Å²) in [6.07, 6.45) is 1.53. The van der Waals surface area contributed by atoms with E-state index in [1.54, 1.807) is 19.1 Å². The summed E-state index contributed by atoms with van der Waals surface area (Å²) in [5.41, 5.74) is 1.09. The summed E-state index contributed by atoms with van der Waals surface area (Å²) < 4.78 is 21.3. The largest absolute Gasteiger partial charge is 0.425 e. The van der Waals surface area contributed by atoms with E-state index in [-0.39, 0.29) is 43.5 Å². The maximum atomic E-state index is 11.9. The highest BCUT2D eigenvalue weighted by Crippen LogP contribution is 2.49. The monoisotopic (exact) mass is 469 g/mol. The van der Waals surface area contributed by atoms with Crippen LogP contribution < -0.4 is 5.32 Å². The van der Waals surface area contributed by atoms with Crippen molar-refractivity contribution < 1.29 is 20.1 Å². The van der Waals surface area contributed by atoms with E-state index in [9.17, 15) is 14.9 Å². The molecule has 0 aromatic heterocycles. The van der Waals surface area contributed by atoms with E-state index in [1.165, 1.54) is 12.5 Å². The van der Waals surface area contributed by atoms with Gasteiger partial charge in [-0.05, 0) is 59.6 Å². The number of nitro benzene ring substituents is 1. The molecule has 1 aromatic rings. The standard InChI is InChI=1S/C22H37N4O5P/c1-8-10-22(27)24-14-19-11-12-21(26(28)29)20(13-19)18(7)31-32(30-15-23-9-2)25(16(3)4)17(5)6/h11-13,15-18H,8-10,14H2,1-7H3,(H,24,27)/i1D. The van der Waals surface area contributed by atoms with Gasteiger partial charge in [-0.15, -0.1) is 0 Å². The summed E-state index contributed by atoms with van der Waals surface area (Å²) in [7, 11) is -1.57. The van der Waals surface area contributed by atoms with Gasteiger partial charge in [0.05, 0.1) is 16.6 Å². The van der Waals surface area contributed by atoms with Crippen molar-refractivity contribution in [2.24, 2.45) is 4.99 Å². The molecule has 0 aliphatic carbocycles. The third kappa shape index (κ3) is 8.81. The molecule has 0 aliphatic heterocycles. The molecular weight excluding hydrogens is 431 g/mol. The first-order valence-electron chi connectivity index (χ1n) is 11.6. The van der Waals surface area contributed by atoms with Gasteiger partial charge in [0.25, 0.3) is 5.69 Å². The molecule has 180 valence electrons. The summed E-state index contributed by atoms with van der Waals surface area (Å²) in [6, 6.07) is 5.00. The van der Waals surface area contributed by atoms with Gasteiger partial charge in [-0.2, -0.15) is 0 Å². The van der Waals surface area contributed by atoms with Crippen molar-refractivity contribution >= 4 is 26.5 Å². The number of aliphatic imine (C=N–C) groups is 1. The zero-order valence-electron chi connectivity index (χ0n) is 20.9. The first kappa shape index (κ1) is 26.2. The Labute approximate surface area is 194 Å². The predicted octanol–water partition coefficient (Wildman–Crippen LogP) is 5.50. The number of carbonyl (C=O) groups excluding carboxylic acids is 1. The molecule has 1 rings (SSSR count). The zero-order valence-corrected chi connectivity index (χ0v) is 20.8.